The number of carbonyl (C=O) groups excluding carboxylic acids is 1. The van der Waals surface area contributed by atoms with Crippen LogP contribution in [-0.4, -0.2) is 43.3 Å². The third kappa shape index (κ3) is 3.11. The molecule has 7 nitrogen and oxygen atoms in total. The van der Waals surface area contributed by atoms with Crippen molar-refractivity contribution >= 4 is 16.9 Å². The van der Waals surface area contributed by atoms with Crippen LogP contribution in [0.1, 0.15) is 39.7 Å². The maximum absolute atomic E-state index is 13.5. The number of nitrogens with zero attached hydrogens (tertiary/aromatic N) is 1. The lowest BCUT2D eigenvalue weighted by Crippen LogP contribution is -2.31. The molecule has 1 amide bonds. The van der Waals surface area contributed by atoms with Crippen molar-refractivity contribution < 1.29 is 23.8 Å². The number of methoxy groups -OCH3 is 2. The largest absolute Gasteiger partial charge is 0.493 e. The fraction of sp³-hybridized carbons (Fsp3) is 0.304. The quantitative estimate of drug-likeness (QED) is 0.673. The maximum Gasteiger partial charge on any atom is 0.290 e. The number of rotatable bonds is 6. The highest BCUT2D eigenvalue weighted by atomic mass is 16.5. The van der Waals surface area contributed by atoms with Crippen LogP contribution in [0.15, 0.2) is 45.6 Å². The highest BCUT2D eigenvalue weighted by Crippen LogP contribution is 2.40. The normalized spacial score (nSPS) is 15.5. The van der Waals surface area contributed by atoms with Crippen molar-refractivity contribution in [3.8, 4) is 11.5 Å². The molecule has 30 heavy (non-hydrogen) atoms. The van der Waals surface area contributed by atoms with E-state index in [0.29, 0.717) is 40.0 Å². The lowest BCUT2D eigenvalue weighted by Gasteiger charge is -2.25. The van der Waals surface area contributed by atoms with Gasteiger partial charge in [0.2, 0.25) is 5.76 Å². The average Bonchev–Trinajstić information content (AvgIpc) is 3.04. The minimum Gasteiger partial charge on any atom is -0.493 e. The first kappa shape index (κ1) is 20.0. The molecule has 3 aromatic rings. The minimum absolute atomic E-state index is 0.0501. The highest BCUT2D eigenvalue weighted by molar-refractivity contribution is 5.99. The van der Waals surface area contributed by atoms with E-state index in [9.17, 15) is 14.7 Å². The molecular formula is C23H23NO6. The van der Waals surface area contributed by atoms with Crippen molar-refractivity contribution in [1.82, 2.24) is 4.90 Å². The van der Waals surface area contributed by atoms with Gasteiger partial charge in [-0.25, -0.2) is 0 Å². The second kappa shape index (κ2) is 7.84. The molecule has 2 heterocycles. The maximum atomic E-state index is 13.5. The fourth-order valence-electron chi connectivity index (χ4n) is 3.98. The summed E-state index contributed by atoms with van der Waals surface area (Å²) >= 11 is 0. The molecular weight excluding hydrogens is 386 g/mol. The molecule has 0 fully saturated rings. The van der Waals surface area contributed by atoms with Crippen LogP contribution in [0.5, 0.6) is 11.5 Å². The van der Waals surface area contributed by atoms with Crippen LogP contribution in [0.4, 0.5) is 0 Å². The number of ether oxygens (including phenoxy) is 2. The van der Waals surface area contributed by atoms with E-state index in [2.05, 4.69) is 0 Å². The van der Waals surface area contributed by atoms with Gasteiger partial charge < -0.3 is 23.9 Å². The zero-order valence-electron chi connectivity index (χ0n) is 17.1. The summed E-state index contributed by atoms with van der Waals surface area (Å²) in [6.45, 7) is 2.12. The number of aryl methyl sites for hydroxylation is 1. The molecule has 1 aliphatic rings. The first-order valence-corrected chi connectivity index (χ1v) is 9.71. The summed E-state index contributed by atoms with van der Waals surface area (Å²) in [5.74, 6) is 0.736. The summed E-state index contributed by atoms with van der Waals surface area (Å²) in [4.78, 5) is 28.2. The van der Waals surface area contributed by atoms with Crippen LogP contribution >= 0.6 is 0 Å². The Morgan fingerprint density at radius 1 is 1.07 bits per heavy atom. The third-order valence-electron chi connectivity index (χ3n) is 5.40. The van der Waals surface area contributed by atoms with Crippen LogP contribution < -0.4 is 14.9 Å². The van der Waals surface area contributed by atoms with E-state index < -0.39 is 6.04 Å². The Bertz CT molecular complexity index is 1180. The van der Waals surface area contributed by atoms with Gasteiger partial charge in [0.15, 0.2) is 16.9 Å². The molecule has 1 unspecified atom stereocenters. The topological polar surface area (TPSA) is 89.2 Å². The summed E-state index contributed by atoms with van der Waals surface area (Å²) in [6, 6.07) is 9.99. The van der Waals surface area contributed by atoms with Crippen molar-refractivity contribution in [2.75, 3.05) is 27.4 Å². The molecule has 4 rings (SSSR count). The van der Waals surface area contributed by atoms with Gasteiger partial charge >= 0.3 is 0 Å². The molecule has 0 aliphatic carbocycles. The molecule has 156 valence electrons. The van der Waals surface area contributed by atoms with Crippen molar-refractivity contribution in [3.63, 3.8) is 0 Å². The number of benzene rings is 2. The Balaban J connectivity index is 1.96. The van der Waals surface area contributed by atoms with Gasteiger partial charge in [0.1, 0.15) is 5.58 Å². The van der Waals surface area contributed by atoms with Gasteiger partial charge in [-0.2, -0.15) is 0 Å². The SMILES string of the molecule is COc1ccc(C2c3c(oc4ccc(C)cc4c3=O)C(=O)N2CCCO)cc1OC. The average molecular weight is 409 g/mol. The van der Waals surface area contributed by atoms with Crippen LogP contribution in [0.25, 0.3) is 11.0 Å². The number of hydrogen-bond acceptors (Lipinski definition) is 6. The van der Waals surface area contributed by atoms with Gasteiger partial charge in [-0.1, -0.05) is 17.7 Å². The fourth-order valence-corrected chi connectivity index (χ4v) is 3.98. The number of carbonyl (C=O) groups is 1. The standard InChI is InChI=1S/C23H23NO6/c1-13-5-7-16-15(11-13)21(26)19-20(14-6-8-17(28-2)18(12-14)29-3)24(9-4-10-25)23(27)22(19)30-16/h5-8,11-12,20,25H,4,9-10H2,1-3H3. The monoisotopic (exact) mass is 409 g/mol. The lowest BCUT2D eigenvalue weighted by molar-refractivity contribution is 0.0716. The molecule has 0 saturated carbocycles. The van der Waals surface area contributed by atoms with Gasteiger partial charge in [0.25, 0.3) is 5.91 Å². The lowest BCUT2D eigenvalue weighted by atomic mass is 9.97. The molecule has 1 aliphatic heterocycles. The zero-order valence-corrected chi connectivity index (χ0v) is 17.1. The molecule has 1 atom stereocenters. The van der Waals surface area contributed by atoms with Crippen molar-refractivity contribution in [1.29, 1.82) is 0 Å². The molecule has 0 bridgehead atoms. The zero-order chi connectivity index (χ0) is 21.4. The van der Waals surface area contributed by atoms with E-state index in [0.717, 1.165) is 5.56 Å². The number of fused-ring (bicyclic) bond motifs is 2. The molecule has 2 aromatic carbocycles. The summed E-state index contributed by atoms with van der Waals surface area (Å²) < 4.78 is 16.6. The molecule has 1 aromatic heterocycles. The minimum atomic E-state index is -0.639. The summed E-state index contributed by atoms with van der Waals surface area (Å²) in [5, 5.41) is 9.76. The van der Waals surface area contributed by atoms with Crippen molar-refractivity contribution in [3.05, 3.63) is 69.1 Å². The van der Waals surface area contributed by atoms with E-state index in [-0.39, 0.29) is 30.2 Å². The number of aliphatic hydroxyl groups excluding tert-OH is 1. The highest BCUT2D eigenvalue weighted by Gasteiger charge is 2.42. The van der Waals surface area contributed by atoms with Crippen LogP contribution in [0, 0.1) is 6.92 Å². The molecule has 0 spiro atoms. The van der Waals surface area contributed by atoms with Crippen molar-refractivity contribution in [2.24, 2.45) is 0 Å². The van der Waals surface area contributed by atoms with E-state index in [1.54, 1.807) is 42.3 Å². The first-order valence-electron chi connectivity index (χ1n) is 9.71. The van der Waals surface area contributed by atoms with Crippen molar-refractivity contribution in [2.45, 2.75) is 19.4 Å². The third-order valence-corrected chi connectivity index (χ3v) is 5.40. The van der Waals surface area contributed by atoms with Gasteiger partial charge in [-0.3, -0.25) is 9.59 Å². The van der Waals surface area contributed by atoms with Crippen LogP contribution in [-0.2, 0) is 0 Å². The van der Waals surface area contributed by atoms with E-state index >= 15 is 0 Å². The Morgan fingerprint density at radius 3 is 2.53 bits per heavy atom. The summed E-state index contributed by atoms with van der Waals surface area (Å²) in [5.41, 5.74) is 2.10. The predicted octanol–water partition coefficient (Wildman–Crippen LogP) is 3.05. The Morgan fingerprint density at radius 2 is 1.83 bits per heavy atom. The van der Waals surface area contributed by atoms with Crippen LogP contribution in [0.2, 0.25) is 0 Å². The predicted molar refractivity (Wildman–Crippen MR) is 111 cm³/mol. The second-order valence-electron chi connectivity index (χ2n) is 7.27. The summed E-state index contributed by atoms with van der Waals surface area (Å²) in [7, 11) is 3.08. The smallest absolute Gasteiger partial charge is 0.290 e. The van der Waals surface area contributed by atoms with E-state index in [4.69, 9.17) is 13.9 Å². The van der Waals surface area contributed by atoms with Gasteiger partial charge in [0.05, 0.1) is 31.2 Å². The first-order chi connectivity index (χ1) is 14.5. The molecule has 1 N–H and O–H groups in total. The van der Waals surface area contributed by atoms with E-state index in [1.165, 1.54) is 7.11 Å². The number of hydrogen-bond donors (Lipinski definition) is 1. The van der Waals surface area contributed by atoms with Gasteiger partial charge in [0, 0.05) is 13.2 Å². The van der Waals surface area contributed by atoms with Crippen LogP contribution in [0.3, 0.4) is 0 Å². The Kier molecular flexibility index (Phi) is 5.22. The van der Waals surface area contributed by atoms with Gasteiger partial charge in [-0.15, -0.1) is 0 Å². The van der Waals surface area contributed by atoms with E-state index in [1.807, 2.05) is 13.0 Å². The Labute approximate surface area is 173 Å². The van der Waals surface area contributed by atoms with Gasteiger partial charge in [-0.05, 0) is 43.2 Å². The molecule has 7 heteroatoms. The second-order valence-corrected chi connectivity index (χ2v) is 7.27. The molecule has 0 saturated heterocycles. The number of aliphatic hydroxyl groups is 1. The molecule has 0 radical (unpaired) electrons. The Hall–Kier alpha value is -3.32. The summed E-state index contributed by atoms with van der Waals surface area (Å²) in [6.07, 6.45) is 0.385. The number of amides is 1.